The zero-order valence-corrected chi connectivity index (χ0v) is 58.2. The lowest BCUT2D eigenvalue weighted by molar-refractivity contribution is -0.870. The van der Waals surface area contributed by atoms with E-state index in [2.05, 4.69) is 74.6 Å². The van der Waals surface area contributed by atoms with Crippen LogP contribution < -0.4 is 5.11 Å². The summed E-state index contributed by atoms with van der Waals surface area (Å²) in [6, 6.07) is 0. The minimum atomic E-state index is -1.63. The normalized spacial score (nSPS) is 13.0. The maximum Gasteiger partial charge on any atom is 0.306 e. The number of hydrogen-bond acceptors (Lipinski definition) is 8. The number of carbonyl (C=O) groups is 3. The fourth-order valence-corrected chi connectivity index (χ4v) is 11.1. The van der Waals surface area contributed by atoms with Crippen LogP contribution in [-0.4, -0.2) is 82.3 Å². The van der Waals surface area contributed by atoms with E-state index < -0.39 is 24.3 Å². The first-order valence-corrected chi connectivity index (χ1v) is 37.4. The first-order valence-electron chi connectivity index (χ1n) is 37.4. The molecule has 9 heteroatoms. The molecular formula is C78H143NO8. The van der Waals surface area contributed by atoms with Gasteiger partial charge >= 0.3 is 11.9 Å². The van der Waals surface area contributed by atoms with Gasteiger partial charge in [0.2, 0.25) is 0 Å². The quantitative estimate of drug-likeness (QED) is 0.0195. The molecule has 0 aliphatic rings. The van der Waals surface area contributed by atoms with Crippen molar-refractivity contribution in [2.75, 3.05) is 47.5 Å². The second kappa shape index (κ2) is 68.9. The Morgan fingerprint density at radius 2 is 0.655 bits per heavy atom. The second-order valence-electron chi connectivity index (χ2n) is 26.6. The van der Waals surface area contributed by atoms with Crippen molar-refractivity contribution in [3.05, 3.63) is 60.8 Å². The van der Waals surface area contributed by atoms with Crippen LogP contribution in [0.1, 0.15) is 361 Å². The van der Waals surface area contributed by atoms with Crippen LogP contribution in [0, 0.1) is 0 Å². The third-order valence-electron chi connectivity index (χ3n) is 16.8. The first kappa shape index (κ1) is 84.0. The van der Waals surface area contributed by atoms with Gasteiger partial charge in [0.05, 0.1) is 40.3 Å². The lowest BCUT2D eigenvalue weighted by Gasteiger charge is -2.26. The molecule has 0 saturated carbocycles. The van der Waals surface area contributed by atoms with Gasteiger partial charge in [-0.15, -0.1) is 0 Å². The number of unbranched alkanes of at least 4 members (excludes halogenated alkanes) is 45. The van der Waals surface area contributed by atoms with Crippen molar-refractivity contribution in [1.29, 1.82) is 0 Å². The van der Waals surface area contributed by atoms with Crippen molar-refractivity contribution < 1.29 is 42.9 Å². The highest BCUT2D eigenvalue weighted by atomic mass is 16.7. The maximum atomic E-state index is 12.9. The molecule has 9 nitrogen and oxygen atoms in total. The van der Waals surface area contributed by atoms with Crippen LogP contribution in [0.3, 0.4) is 0 Å². The van der Waals surface area contributed by atoms with Crippen LogP contribution in [0.4, 0.5) is 0 Å². The second-order valence-corrected chi connectivity index (χ2v) is 26.6. The summed E-state index contributed by atoms with van der Waals surface area (Å²) in [7, 11) is 5.93. The van der Waals surface area contributed by atoms with Gasteiger partial charge in [-0.1, -0.05) is 351 Å². The number of aliphatic carboxylic acids is 1. The molecule has 0 spiro atoms. The number of nitrogens with zero attached hydrogens (tertiary/aromatic N) is 1. The predicted molar refractivity (Wildman–Crippen MR) is 371 cm³/mol. The molecule has 0 saturated heterocycles. The van der Waals surface area contributed by atoms with Crippen LogP contribution in [0.5, 0.6) is 0 Å². The summed E-state index contributed by atoms with van der Waals surface area (Å²) >= 11 is 0. The number of allylic oxidation sites excluding steroid dienone is 10. The summed E-state index contributed by atoms with van der Waals surface area (Å²) in [6.07, 6.45) is 87.8. The Balaban J connectivity index is 3.94. The highest BCUT2D eigenvalue weighted by Gasteiger charge is 2.22. The lowest BCUT2D eigenvalue weighted by Crippen LogP contribution is -2.44. The third-order valence-corrected chi connectivity index (χ3v) is 16.8. The Hall–Kier alpha value is -3.01. The van der Waals surface area contributed by atoms with E-state index in [9.17, 15) is 19.5 Å². The Morgan fingerprint density at radius 1 is 0.356 bits per heavy atom. The molecule has 0 aromatic heterocycles. The molecule has 0 aromatic carbocycles. The van der Waals surface area contributed by atoms with Crippen LogP contribution in [0.2, 0.25) is 0 Å². The molecule has 2 unspecified atom stereocenters. The van der Waals surface area contributed by atoms with Crippen molar-refractivity contribution in [1.82, 2.24) is 0 Å². The molecule has 0 aromatic rings. The summed E-state index contributed by atoms with van der Waals surface area (Å²) in [5.41, 5.74) is 0. The van der Waals surface area contributed by atoms with Crippen molar-refractivity contribution in [3.8, 4) is 0 Å². The van der Waals surface area contributed by atoms with Crippen LogP contribution in [0.25, 0.3) is 0 Å². The molecule has 0 radical (unpaired) electrons. The highest BCUT2D eigenvalue weighted by Crippen LogP contribution is 2.19. The topological polar surface area (TPSA) is 111 Å². The number of rotatable bonds is 70. The van der Waals surface area contributed by atoms with Crippen LogP contribution in [-0.2, 0) is 33.3 Å². The zero-order valence-electron chi connectivity index (χ0n) is 58.2. The number of esters is 2. The van der Waals surface area contributed by atoms with Gasteiger partial charge in [-0.05, 0) is 57.8 Å². The molecule has 0 amide bonds. The minimum Gasteiger partial charge on any atom is -0.545 e. The Labute approximate surface area is 539 Å². The predicted octanol–water partition coefficient (Wildman–Crippen LogP) is 22.1. The highest BCUT2D eigenvalue weighted by molar-refractivity contribution is 5.70. The molecule has 0 fully saturated rings. The maximum absolute atomic E-state index is 12.9. The van der Waals surface area contributed by atoms with E-state index in [-0.39, 0.29) is 38.6 Å². The number of carbonyl (C=O) groups excluding carboxylic acids is 3. The lowest BCUT2D eigenvalue weighted by atomic mass is 10.0. The molecule has 0 aliphatic carbocycles. The summed E-state index contributed by atoms with van der Waals surface area (Å²) in [6.45, 7) is 4.66. The standard InChI is InChI=1S/C78H143NO8/c1-6-8-10-12-14-16-18-20-22-24-26-28-29-30-31-32-33-34-35-36-37-38-39-40-41-42-43-44-45-46-47-49-50-52-54-56-58-60-62-64-66-68-75(80)85-72-74(73-86-78(77(82)83)84-71-70-79(3,4)5)87-76(81)69-67-65-63-61-59-57-55-53-51-48-27-25-23-21-19-17-15-13-11-9-7-2/h9,11,15,17,21,23,27,48,53,55,74,78H,6-8,10,12-14,16,18-20,22,24-26,28-47,49-52,54,56-73H2,1-5H3/b11-9-,17-15-,23-21-,48-27-,55-53-. The number of quaternary nitrogens is 1. The van der Waals surface area contributed by atoms with E-state index in [1.807, 2.05) is 21.1 Å². The molecule has 0 N–H and O–H groups in total. The Morgan fingerprint density at radius 3 is 0.977 bits per heavy atom. The van der Waals surface area contributed by atoms with Crippen molar-refractivity contribution in [2.24, 2.45) is 0 Å². The minimum absolute atomic E-state index is 0.143. The first-order chi connectivity index (χ1) is 42.6. The van der Waals surface area contributed by atoms with Crippen LogP contribution in [0.15, 0.2) is 60.8 Å². The molecule has 2 atom stereocenters. The van der Waals surface area contributed by atoms with Gasteiger partial charge in [0.1, 0.15) is 13.2 Å². The van der Waals surface area contributed by atoms with Gasteiger partial charge in [-0.2, -0.15) is 0 Å². The Kier molecular flexibility index (Phi) is 66.5. The summed E-state index contributed by atoms with van der Waals surface area (Å²) in [5, 5.41) is 11.8. The van der Waals surface area contributed by atoms with Crippen LogP contribution >= 0.6 is 0 Å². The number of carboxylic acid groups (broad SMARTS) is 1. The zero-order chi connectivity index (χ0) is 63.3. The smallest absolute Gasteiger partial charge is 0.306 e. The van der Waals surface area contributed by atoms with Gasteiger partial charge in [-0.3, -0.25) is 9.59 Å². The summed E-state index contributed by atoms with van der Waals surface area (Å²) in [5.74, 6) is -2.29. The molecule has 508 valence electrons. The average Bonchev–Trinajstić information content (AvgIpc) is 3.57. The number of hydrogen-bond donors (Lipinski definition) is 0. The van der Waals surface area contributed by atoms with Gasteiger partial charge < -0.3 is 33.3 Å². The molecule has 0 rings (SSSR count). The number of carboxylic acids is 1. The Bertz CT molecular complexity index is 1610. The van der Waals surface area contributed by atoms with Gasteiger partial charge in [0.25, 0.3) is 0 Å². The van der Waals surface area contributed by atoms with E-state index in [0.29, 0.717) is 17.4 Å². The van der Waals surface area contributed by atoms with Crippen molar-refractivity contribution >= 4 is 17.9 Å². The van der Waals surface area contributed by atoms with E-state index in [1.165, 1.54) is 244 Å². The summed E-state index contributed by atoms with van der Waals surface area (Å²) in [4.78, 5) is 37.5. The van der Waals surface area contributed by atoms with Crippen molar-refractivity contribution in [3.63, 3.8) is 0 Å². The fourth-order valence-electron chi connectivity index (χ4n) is 11.1. The van der Waals surface area contributed by atoms with Gasteiger partial charge in [-0.25, -0.2) is 0 Å². The molecule has 0 bridgehead atoms. The van der Waals surface area contributed by atoms with E-state index in [4.69, 9.17) is 18.9 Å². The van der Waals surface area contributed by atoms with Crippen molar-refractivity contribution in [2.45, 2.75) is 373 Å². The van der Waals surface area contributed by atoms with Gasteiger partial charge in [0.15, 0.2) is 12.4 Å². The SMILES string of the molecule is CC/C=C\C/C=C\C/C=C\C/C=C\C/C=C\CCCCCCCC(=O)OC(COC(=O)CCCCCCCCCCCCCCCCCCCCCCCCCCCCCCCCCCCCCCCCCCC)COC(OCC[N+](C)(C)C)C(=O)[O-]. The molecule has 87 heavy (non-hydrogen) atoms. The fraction of sp³-hybridized carbons (Fsp3) is 0.833. The molecule has 0 aliphatic heterocycles. The van der Waals surface area contributed by atoms with Gasteiger partial charge in [0, 0.05) is 12.8 Å². The largest absolute Gasteiger partial charge is 0.545 e. The van der Waals surface area contributed by atoms with E-state index in [1.54, 1.807) is 0 Å². The van der Waals surface area contributed by atoms with E-state index >= 15 is 0 Å². The monoisotopic (exact) mass is 1220 g/mol. The number of likely N-dealkylation sites (N-methyl/N-ethyl adjacent to an activating group) is 1. The molecule has 0 heterocycles. The summed E-state index contributed by atoms with van der Waals surface area (Å²) < 4.78 is 22.8. The number of ether oxygens (including phenoxy) is 4. The average molecular weight is 1220 g/mol. The molecular weight excluding hydrogens is 1080 g/mol. The third kappa shape index (κ3) is 70.3. The van der Waals surface area contributed by atoms with E-state index in [0.717, 1.165) is 83.5 Å².